The van der Waals surface area contributed by atoms with Crippen molar-refractivity contribution in [2.45, 2.75) is 6.54 Å². The molecule has 0 atom stereocenters. The molecule has 2 aromatic heterocycles. The average molecular weight is 256 g/mol. The van der Waals surface area contributed by atoms with E-state index in [1.165, 1.54) is 0 Å². The molecule has 2 heterocycles. The molecule has 0 aromatic carbocycles. The first kappa shape index (κ1) is 11.0. The molecule has 0 aliphatic rings. The normalized spacial score (nSPS) is 10.1. The third kappa shape index (κ3) is 3.01. The molecule has 0 saturated carbocycles. The molecule has 0 radical (unpaired) electrons. The van der Waals surface area contributed by atoms with Crippen LogP contribution in [0.15, 0.2) is 24.5 Å². The highest BCUT2D eigenvalue weighted by Gasteiger charge is 2.02. The van der Waals surface area contributed by atoms with Gasteiger partial charge < -0.3 is 5.32 Å². The van der Waals surface area contributed by atoms with Crippen molar-refractivity contribution < 1.29 is 0 Å². The Bertz CT molecular complexity index is 456. The number of hydrogen-bond acceptors (Lipinski definition) is 5. The van der Waals surface area contributed by atoms with Gasteiger partial charge in [0.15, 0.2) is 0 Å². The first-order chi connectivity index (χ1) is 7.74. The highest BCUT2D eigenvalue weighted by atomic mass is 35.5. The number of hydrogen-bond donors (Lipinski definition) is 1. The topological polar surface area (TPSA) is 63.6 Å². The second-order valence-corrected chi connectivity index (χ2v) is 3.59. The molecule has 7 heteroatoms. The third-order valence-corrected chi connectivity index (χ3v) is 2.09. The van der Waals surface area contributed by atoms with E-state index >= 15 is 0 Å². The summed E-state index contributed by atoms with van der Waals surface area (Å²) in [5, 5.41) is 3.10. The lowest BCUT2D eigenvalue weighted by Gasteiger charge is -2.04. The fraction of sp³-hybridized carbons (Fsp3) is 0.111. The Labute approximate surface area is 102 Å². The number of halogens is 2. The highest BCUT2D eigenvalue weighted by Crippen LogP contribution is 2.10. The van der Waals surface area contributed by atoms with Gasteiger partial charge in [-0.2, -0.15) is 15.0 Å². The second kappa shape index (κ2) is 5.05. The summed E-state index contributed by atoms with van der Waals surface area (Å²) in [5.74, 6) is 0.342. The van der Waals surface area contributed by atoms with Crippen LogP contribution < -0.4 is 5.32 Å². The molecular formula is C9H7Cl2N5. The van der Waals surface area contributed by atoms with Gasteiger partial charge in [-0.15, -0.1) is 0 Å². The van der Waals surface area contributed by atoms with Gasteiger partial charge in [-0.05, 0) is 34.8 Å². The van der Waals surface area contributed by atoms with E-state index < -0.39 is 0 Å². The molecule has 0 aliphatic heterocycles. The Morgan fingerprint density at radius 1 is 1.12 bits per heavy atom. The molecule has 0 amide bonds. The summed E-state index contributed by atoms with van der Waals surface area (Å²) in [7, 11) is 0. The van der Waals surface area contributed by atoms with E-state index in [1.807, 2.05) is 12.1 Å². The lowest BCUT2D eigenvalue weighted by Crippen LogP contribution is -2.04. The maximum absolute atomic E-state index is 5.63. The van der Waals surface area contributed by atoms with E-state index in [0.717, 1.165) is 5.56 Å². The Morgan fingerprint density at radius 2 is 1.88 bits per heavy atom. The van der Waals surface area contributed by atoms with E-state index in [-0.39, 0.29) is 10.6 Å². The van der Waals surface area contributed by atoms with E-state index in [0.29, 0.717) is 12.5 Å². The maximum atomic E-state index is 5.63. The predicted molar refractivity (Wildman–Crippen MR) is 61.4 cm³/mol. The summed E-state index contributed by atoms with van der Waals surface area (Å²) in [6.45, 7) is 0.546. The van der Waals surface area contributed by atoms with E-state index in [1.54, 1.807) is 12.4 Å². The summed E-state index contributed by atoms with van der Waals surface area (Å²) < 4.78 is 0. The largest absolute Gasteiger partial charge is 0.350 e. The molecule has 2 rings (SSSR count). The Hall–Kier alpha value is -1.46. The molecule has 1 N–H and O–H groups in total. The molecule has 82 valence electrons. The lowest BCUT2D eigenvalue weighted by molar-refractivity contribution is 0.997. The Kier molecular flexibility index (Phi) is 3.48. The van der Waals surface area contributed by atoms with Crippen LogP contribution in [0.2, 0.25) is 10.6 Å². The highest BCUT2D eigenvalue weighted by molar-refractivity contribution is 6.31. The van der Waals surface area contributed by atoms with Gasteiger partial charge in [-0.3, -0.25) is 4.98 Å². The molecule has 0 aliphatic carbocycles. The average Bonchev–Trinajstić information content (AvgIpc) is 2.27. The molecule has 0 bridgehead atoms. The summed E-state index contributed by atoms with van der Waals surface area (Å²) in [5.41, 5.74) is 1.01. The van der Waals surface area contributed by atoms with Gasteiger partial charge in [0.1, 0.15) is 0 Å². The first-order valence-electron chi connectivity index (χ1n) is 4.44. The van der Waals surface area contributed by atoms with Crippen LogP contribution in [0.4, 0.5) is 5.95 Å². The molecule has 2 aromatic rings. The zero-order valence-electron chi connectivity index (χ0n) is 8.06. The monoisotopic (exact) mass is 255 g/mol. The minimum absolute atomic E-state index is 0.0636. The third-order valence-electron chi connectivity index (χ3n) is 1.75. The molecule has 0 spiro atoms. The van der Waals surface area contributed by atoms with Crippen molar-refractivity contribution >= 4 is 29.2 Å². The minimum atomic E-state index is 0.0636. The van der Waals surface area contributed by atoms with Gasteiger partial charge in [-0.25, -0.2) is 0 Å². The van der Waals surface area contributed by atoms with Gasteiger partial charge in [0.25, 0.3) is 0 Å². The quantitative estimate of drug-likeness (QED) is 0.911. The first-order valence-corrected chi connectivity index (χ1v) is 5.19. The van der Waals surface area contributed by atoms with Crippen LogP contribution in [-0.2, 0) is 6.54 Å². The summed E-state index contributed by atoms with van der Waals surface area (Å²) in [4.78, 5) is 15.4. The number of aromatic nitrogens is 4. The number of nitrogens with one attached hydrogen (secondary N) is 1. The number of anilines is 1. The van der Waals surface area contributed by atoms with E-state index in [4.69, 9.17) is 23.2 Å². The van der Waals surface area contributed by atoms with Gasteiger partial charge in [-0.1, -0.05) is 6.07 Å². The molecular weight excluding hydrogens is 249 g/mol. The van der Waals surface area contributed by atoms with Crippen LogP contribution in [0.3, 0.4) is 0 Å². The Balaban J connectivity index is 2.05. The molecule has 16 heavy (non-hydrogen) atoms. The van der Waals surface area contributed by atoms with Gasteiger partial charge in [0, 0.05) is 18.9 Å². The van der Waals surface area contributed by atoms with Crippen molar-refractivity contribution in [2.24, 2.45) is 0 Å². The zero-order valence-corrected chi connectivity index (χ0v) is 9.57. The fourth-order valence-corrected chi connectivity index (χ4v) is 1.45. The smallest absolute Gasteiger partial charge is 0.228 e. The van der Waals surface area contributed by atoms with Gasteiger partial charge in [0.2, 0.25) is 16.5 Å². The second-order valence-electron chi connectivity index (χ2n) is 2.91. The van der Waals surface area contributed by atoms with Crippen LogP contribution >= 0.6 is 23.2 Å². The fourth-order valence-electron chi connectivity index (χ4n) is 1.09. The number of pyridine rings is 1. The van der Waals surface area contributed by atoms with Crippen LogP contribution in [0.5, 0.6) is 0 Å². The molecule has 5 nitrogen and oxygen atoms in total. The van der Waals surface area contributed by atoms with Crippen molar-refractivity contribution in [1.29, 1.82) is 0 Å². The summed E-state index contributed by atoms with van der Waals surface area (Å²) in [6, 6.07) is 3.79. The predicted octanol–water partition coefficient (Wildman–Crippen LogP) is 2.19. The van der Waals surface area contributed by atoms with Crippen molar-refractivity contribution in [1.82, 2.24) is 19.9 Å². The number of rotatable bonds is 3. The number of nitrogens with zero attached hydrogens (tertiary/aromatic N) is 4. The molecule has 0 fully saturated rings. The van der Waals surface area contributed by atoms with Crippen molar-refractivity contribution in [3.05, 3.63) is 40.7 Å². The van der Waals surface area contributed by atoms with Crippen LogP contribution in [-0.4, -0.2) is 19.9 Å². The Morgan fingerprint density at radius 3 is 2.50 bits per heavy atom. The van der Waals surface area contributed by atoms with Crippen LogP contribution in [0.25, 0.3) is 0 Å². The summed E-state index contributed by atoms with van der Waals surface area (Å²) in [6.07, 6.45) is 3.46. The van der Waals surface area contributed by atoms with Gasteiger partial charge in [0.05, 0.1) is 0 Å². The maximum Gasteiger partial charge on any atom is 0.228 e. The van der Waals surface area contributed by atoms with Crippen molar-refractivity contribution in [3.8, 4) is 0 Å². The summed E-state index contributed by atoms with van der Waals surface area (Å²) >= 11 is 11.3. The minimum Gasteiger partial charge on any atom is -0.350 e. The van der Waals surface area contributed by atoms with E-state index in [9.17, 15) is 0 Å². The van der Waals surface area contributed by atoms with Crippen molar-refractivity contribution in [3.63, 3.8) is 0 Å². The van der Waals surface area contributed by atoms with Gasteiger partial charge >= 0.3 is 0 Å². The molecule has 0 saturated heterocycles. The van der Waals surface area contributed by atoms with E-state index in [2.05, 4.69) is 25.3 Å². The zero-order chi connectivity index (χ0) is 11.4. The van der Waals surface area contributed by atoms with Crippen LogP contribution in [0.1, 0.15) is 5.56 Å². The van der Waals surface area contributed by atoms with Crippen LogP contribution in [0, 0.1) is 0 Å². The molecule has 0 unspecified atom stereocenters. The SMILES string of the molecule is Clc1nc(Cl)nc(NCc2cccnc2)n1. The standard InChI is InChI=1S/C9H7Cl2N5/c10-7-14-8(11)16-9(15-7)13-5-6-2-1-3-12-4-6/h1-4H,5H2,(H,13,14,15,16). The lowest BCUT2D eigenvalue weighted by atomic mass is 10.3. The van der Waals surface area contributed by atoms with Crippen molar-refractivity contribution in [2.75, 3.05) is 5.32 Å².